The molecule has 0 radical (unpaired) electrons. The summed E-state index contributed by atoms with van der Waals surface area (Å²) >= 11 is 3.33. The monoisotopic (exact) mass is 927 g/mol. The molecule has 2 aliphatic carbocycles. The van der Waals surface area contributed by atoms with Gasteiger partial charge in [-0.1, -0.05) is 5.16 Å². The maximum absolute atomic E-state index is 14.7. The van der Waals surface area contributed by atoms with Crippen LogP contribution in [0.2, 0.25) is 0 Å². The van der Waals surface area contributed by atoms with Crippen molar-refractivity contribution in [2.45, 2.75) is 89.6 Å². The van der Waals surface area contributed by atoms with Crippen molar-refractivity contribution < 1.29 is 27.6 Å². The van der Waals surface area contributed by atoms with Gasteiger partial charge >= 0.3 is 6.09 Å². The van der Waals surface area contributed by atoms with Crippen molar-refractivity contribution in [2.24, 2.45) is 5.41 Å². The van der Waals surface area contributed by atoms with Gasteiger partial charge in [-0.15, -0.1) is 12.6 Å². The largest absolute Gasteiger partial charge is 0.448 e. The van der Waals surface area contributed by atoms with Crippen molar-refractivity contribution in [1.82, 2.24) is 49.6 Å². The van der Waals surface area contributed by atoms with Crippen LogP contribution >= 0.6 is 12.6 Å². The molecule has 352 valence electrons. The van der Waals surface area contributed by atoms with Crippen LogP contribution in [0.5, 0.6) is 0 Å². The topological polar surface area (TPSA) is 190 Å². The highest BCUT2D eigenvalue weighted by Gasteiger charge is 2.54. The Balaban J connectivity index is 0.00000132. The average molecular weight is 928 g/mol. The third-order valence-corrected chi connectivity index (χ3v) is 13.7. The number of nitrogens with one attached hydrogen (secondary N) is 1. The molecule has 10 rings (SSSR count). The maximum Gasteiger partial charge on any atom is 0.409 e. The van der Waals surface area contributed by atoms with Crippen LogP contribution in [-0.4, -0.2) is 139 Å². The molecule has 66 heavy (non-hydrogen) atoms. The molecule has 5 aromatic rings. The quantitative estimate of drug-likeness (QED) is 0.128. The summed E-state index contributed by atoms with van der Waals surface area (Å²) in [4.78, 5) is 49.3. The molecule has 7 heterocycles. The highest BCUT2D eigenvalue weighted by molar-refractivity contribution is 7.96. The van der Waals surface area contributed by atoms with E-state index in [1.807, 2.05) is 26.9 Å². The molecule has 1 aromatic carbocycles. The molecule has 3 aliphatic heterocycles. The smallest absolute Gasteiger partial charge is 0.409 e. The Kier molecular flexibility index (Phi) is 12.7. The Morgan fingerprint density at radius 3 is 2.20 bits per heavy atom. The summed E-state index contributed by atoms with van der Waals surface area (Å²) in [6.45, 7) is 14.7. The molecule has 3 N–H and O–H groups in total. The molecule has 2 saturated carbocycles. The van der Waals surface area contributed by atoms with Crippen LogP contribution < -0.4 is 16.0 Å². The molecule has 17 nitrogen and oxygen atoms in total. The maximum atomic E-state index is 14.7. The summed E-state index contributed by atoms with van der Waals surface area (Å²) < 4.78 is 43.0. The van der Waals surface area contributed by atoms with Crippen molar-refractivity contribution >= 4 is 52.1 Å². The van der Waals surface area contributed by atoms with E-state index in [0.717, 1.165) is 81.6 Å². The Morgan fingerprint density at radius 1 is 0.939 bits per heavy atom. The second-order valence-corrected chi connectivity index (χ2v) is 20.1. The first-order valence-electron chi connectivity index (χ1n) is 22.9. The minimum atomic E-state index is -0.530. The number of benzene rings is 1. The van der Waals surface area contributed by atoms with Crippen molar-refractivity contribution in [3.63, 3.8) is 0 Å². The zero-order valence-electron chi connectivity index (χ0n) is 38.3. The number of rotatable bonds is 10. The molecule has 20 heteroatoms. The SMILES string of the molecule is CC(=O)S.CNc1cc(F)c(N2CCN(C3CCN(CCOC(=O)N4CC5(CC(c6cnc(-c7c(-c8nn(C(C)(C)C)c9ncnc(N)c89)noc7C7CC7)nc6)C5)C4)CC3)CC2)c(F)c1. The normalized spacial score (nSPS) is 19.3. The summed E-state index contributed by atoms with van der Waals surface area (Å²) in [5.41, 5.74) is 10.2. The van der Waals surface area contributed by atoms with Crippen LogP contribution in [0.15, 0.2) is 35.4 Å². The van der Waals surface area contributed by atoms with Crippen LogP contribution in [0.3, 0.4) is 0 Å². The molecule has 1 amide bonds. The van der Waals surface area contributed by atoms with Crippen molar-refractivity contribution in [2.75, 3.05) is 88.5 Å². The molecule has 5 fully saturated rings. The number of aromatic nitrogens is 7. The van der Waals surface area contributed by atoms with E-state index in [1.54, 1.807) is 7.05 Å². The minimum Gasteiger partial charge on any atom is -0.448 e. The van der Waals surface area contributed by atoms with Gasteiger partial charge in [0, 0.05) is 95.2 Å². The lowest BCUT2D eigenvalue weighted by atomic mass is 9.56. The van der Waals surface area contributed by atoms with E-state index in [2.05, 4.69) is 63.6 Å². The first-order chi connectivity index (χ1) is 31.6. The number of likely N-dealkylation sites (tertiary alicyclic amines) is 2. The molecular formula is C46H59F2N13O4S. The molecular weight excluding hydrogens is 869 g/mol. The van der Waals surface area contributed by atoms with E-state index in [-0.39, 0.29) is 33.8 Å². The number of anilines is 3. The van der Waals surface area contributed by atoms with E-state index in [1.165, 1.54) is 25.4 Å². The molecule has 4 aromatic heterocycles. The van der Waals surface area contributed by atoms with E-state index in [4.69, 9.17) is 30.1 Å². The number of nitrogens with zero attached hydrogens (tertiary/aromatic N) is 11. The molecule has 0 unspecified atom stereocenters. The number of ether oxygens (including phenoxy) is 1. The first kappa shape index (κ1) is 45.7. The van der Waals surface area contributed by atoms with Gasteiger partial charge in [0.2, 0.25) is 0 Å². The van der Waals surface area contributed by atoms with Gasteiger partial charge in [0.1, 0.15) is 35.8 Å². The van der Waals surface area contributed by atoms with Crippen LogP contribution in [-0.2, 0) is 15.1 Å². The number of halogens is 2. The predicted molar refractivity (Wildman–Crippen MR) is 249 cm³/mol. The number of nitrogens with two attached hydrogens (primary N) is 1. The molecule has 1 spiro atoms. The number of thiol groups is 1. The highest BCUT2D eigenvalue weighted by Crippen LogP contribution is 2.56. The molecule has 0 bridgehead atoms. The number of fused-ring (bicyclic) bond motifs is 1. The number of piperidine rings is 1. The van der Waals surface area contributed by atoms with Gasteiger partial charge < -0.3 is 30.1 Å². The van der Waals surface area contributed by atoms with Gasteiger partial charge in [0.05, 0.1) is 16.5 Å². The summed E-state index contributed by atoms with van der Waals surface area (Å²) in [5.74, 6) is 1.15. The number of carbonyl (C=O) groups is 2. The van der Waals surface area contributed by atoms with Crippen molar-refractivity contribution in [3.05, 3.63) is 53.8 Å². The number of hydrogen-bond donors (Lipinski definition) is 3. The predicted octanol–water partition coefficient (Wildman–Crippen LogP) is 6.54. The lowest BCUT2D eigenvalue weighted by Gasteiger charge is -2.58. The standard InChI is InChI=1S/C44H55F2N13O3.C2H4OS/c1-43(2,3)59-41-34(39(47)51-25-52-41)35(53-59)36-33(38(62-54-36)26-5-6-26)40-49-21-28(22-50-40)27-19-44(20-27)23-58(24-44)42(60)61-16-15-55-9-7-30(8-10-55)56-11-13-57(14-12-56)37-31(45)17-29(48-4)18-32(37)46;1-2(3)4/h17-18,21-22,25-27,30,48H,5-16,19-20,23-24H2,1-4H3,(H2,47,51,52);1H3,(H,3,4). The van der Waals surface area contributed by atoms with E-state index in [9.17, 15) is 18.4 Å². The van der Waals surface area contributed by atoms with Gasteiger partial charge in [0.25, 0.3) is 0 Å². The highest BCUT2D eigenvalue weighted by atomic mass is 32.1. The minimum absolute atomic E-state index is 0.0660. The van der Waals surface area contributed by atoms with Crippen LogP contribution in [0.1, 0.15) is 89.4 Å². The summed E-state index contributed by atoms with van der Waals surface area (Å²) in [7, 11) is 1.65. The van der Waals surface area contributed by atoms with Crippen LogP contribution in [0, 0.1) is 17.0 Å². The molecule has 3 saturated heterocycles. The zero-order valence-corrected chi connectivity index (χ0v) is 39.2. The Labute approximate surface area is 388 Å². The number of nitrogen functional groups attached to an aromatic ring is 1. The fourth-order valence-electron chi connectivity index (χ4n) is 10.1. The van der Waals surface area contributed by atoms with Crippen molar-refractivity contribution in [1.29, 1.82) is 0 Å². The fourth-order valence-corrected chi connectivity index (χ4v) is 10.1. The van der Waals surface area contributed by atoms with E-state index < -0.39 is 11.6 Å². The van der Waals surface area contributed by atoms with E-state index in [0.29, 0.717) is 91.0 Å². The number of amides is 1. The average Bonchev–Trinajstić information content (AvgIpc) is 3.87. The van der Waals surface area contributed by atoms with Gasteiger partial charge in [-0.05, 0) is 96.0 Å². The number of hydrogen-bond acceptors (Lipinski definition) is 15. The number of piperazine rings is 1. The summed E-state index contributed by atoms with van der Waals surface area (Å²) in [6.07, 6.45) is 11.1. The summed E-state index contributed by atoms with van der Waals surface area (Å²) in [6, 6.07) is 3.14. The Hall–Kier alpha value is -5.47. The van der Waals surface area contributed by atoms with Gasteiger partial charge in [0.15, 0.2) is 34.0 Å². The third-order valence-electron chi connectivity index (χ3n) is 13.7. The summed E-state index contributed by atoms with van der Waals surface area (Å²) in [5, 5.41) is 12.8. The second-order valence-electron chi connectivity index (χ2n) is 19.5. The van der Waals surface area contributed by atoms with Crippen LogP contribution in [0.4, 0.5) is 30.8 Å². The Bertz CT molecular complexity index is 2540. The molecule has 0 atom stereocenters. The fraction of sp³-hybridized carbons (Fsp3) is 0.565. The molecule has 5 aliphatic rings. The third kappa shape index (κ3) is 9.27. The van der Waals surface area contributed by atoms with Gasteiger partial charge in [-0.25, -0.2) is 38.2 Å². The van der Waals surface area contributed by atoms with E-state index >= 15 is 0 Å². The van der Waals surface area contributed by atoms with Crippen LogP contribution in [0.25, 0.3) is 33.8 Å². The Morgan fingerprint density at radius 2 is 1.59 bits per heavy atom. The first-order valence-corrected chi connectivity index (χ1v) is 23.4. The number of carbonyl (C=O) groups excluding carboxylic acids is 2. The zero-order chi connectivity index (χ0) is 46.5. The second kappa shape index (κ2) is 18.3. The van der Waals surface area contributed by atoms with Gasteiger partial charge in [-0.3, -0.25) is 14.6 Å². The lowest BCUT2D eigenvalue weighted by molar-refractivity contribution is -0.108. The lowest BCUT2D eigenvalue weighted by Crippen LogP contribution is -2.63. The van der Waals surface area contributed by atoms with Crippen molar-refractivity contribution in [3.8, 4) is 22.8 Å². The van der Waals surface area contributed by atoms with Gasteiger partial charge in [-0.2, -0.15) is 5.10 Å².